The van der Waals surface area contributed by atoms with Crippen molar-refractivity contribution < 1.29 is 4.79 Å². The number of aromatic nitrogens is 2. The van der Waals surface area contributed by atoms with Gasteiger partial charge in [-0.1, -0.05) is 0 Å². The van der Waals surface area contributed by atoms with E-state index in [1.165, 1.54) is 0 Å². The van der Waals surface area contributed by atoms with Crippen LogP contribution < -0.4 is 0 Å². The Kier molecular flexibility index (Phi) is 1.80. The van der Waals surface area contributed by atoms with Crippen molar-refractivity contribution in [2.45, 2.75) is 0 Å². The number of rotatable bonds is 1. The predicted molar refractivity (Wildman–Crippen MR) is 63.6 cm³/mol. The normalized spacial score (nSPS) is 11.1. The number of pyridine rings is 1. The van der Waals surface area contributed by atoms with Crippen LogP contribution in [0.2, 0.25) is 0 Å². The average Bonchev–Trinajstić information content (AvgIpc) is 2.64. The SMILES string of the molecule is Cn1c2ccncc2c2cc(C=O)ccc21. The Morgan fingerprint density at radius 2 is 2.00 bits per heavy atom. The molecule has 2 heterocycles. The van der Waals surface area contributed by atoms with Gasteiger partial charge >= 0.3 is 0 Å². The first kappa shape index (κ1) is 9.09. The van der Waals surface area contributed by atoms with Crippen LogP contribution in [0.3, 0.4) is 0 Å². The fourth-order valence-electron chi connectivity index (χ4n) is 2.15. The molecule has 3 rings (SSSR count). The van der Waals surface area contributed by atoms with Crippen molar-refractivity contribution in [3.63, 3.8) is 0 Å². The summed E-state index contributed by atoms with van der Waals surface area (Å²) in [4.78, 5) is 14.9. The third kappa shape index (κ3) is 1.08. The molecule has 0 aliphatic heterocycles. The molecule has 0 radical (unpaired) electrons. The van der Waals surface area contributed by atoms with Gasteiger partial charge in [0.1, 0.15) is 6.29 Å². The van der Waals surface area contributed by atoms with Crippen molar-refractivity contribution in [1.82, 2.24) is 9.55 Å². The molecule has 0 aliphatic carbocycles. The molecule has 1 aromatic carbocycles. The molecule has 78 valence electrons. The number of aryl methyl sites for hydroxylation is 1. The van der Waals surface area contributed by atoms with Crippen LogP contribution in [0.15, 0.2) is 36.7 Å². The third-order valence-corrected chi connectivity index (χ3v) is 2.97. The molecule has 0 saturated carbocycles. The highest BCUT2D eigenvalue weighted by atomic mass is 16.1. The van der Waals surface area contributed by atoms with E-state index in [0.717, 1.165) is 28.1 Å². The minimum atomic E-state index is 0.698. The van der Waals surface area contributed by atoms with E-state index in [2.05, 4.69) is 9.55 Å². The molecule has 3 nitrogen and oxygen atoms in total. The second-order valence-electron chi connectivity index (χ2n) is 3.85. The van der Waals surface area contributed by atoms with Gasteiger partial charge in [0.25, 0.3) is 0 Å². The summed E-state index contributed by atoms with van der Waals surface area (Å²) in [6.07, 6.45) is 4.49. The van der Waals surface area contributed by atoms with Crippen LogP contribution in [0.25, 0.3) is 21.8 Å². The average molecular weight is 210 g/mol. The summed E-state index contributed by atoms with van der Waals surface area (Å²) in [5.74, 6) is 0. The molecule has 0 N–H and O–H groups in total. The van der Waals surface area contributed by atoms with Crippen LogP contribution in [0.1, 0.15) is 10.4 Å². The summed E-state index contributed by atoms with van der Waals surface area (Å²) in [5, 5.41) is 2.17. The second-order valence-corrected chi connectivity index (χ2v) is 3.85. The Hall–Kier alpha value is -2.16. The van der Waals surface area contributed by atoms with Crippen LogP contribution >= 0.6 is 0 Å². The quantitative estimate of drug-likeness (QED) is 0.578. The van der Waals surface area contributed by atoms with Crippen LogP contribution in [0, 0.1) is 0 Å². The highest BCUT2D eigenvalue weighted by molar-refractivity contribution is 6.08. The molecule has 0 fully saturated rings. The molecule has 0 spiro atoms. The van der Waals surface area contributed by atoms with Gasteiger partial charge in [-0.05, 0) is 24.3 Å². The maximum Gasteiger partial charge on any atom is 0.150 e. The Balaban J connectivity index is 2.57. The molecular formula is C13H10N2O. The largest absolute Gasteiger partial charge is 0.344 e. The number of hydrogen-bond acceptors (Lipinski definition) is 2. The van der Waals surface area contributed by atoms with Crippen LogP contribution in [0.4, 0.5) is 0 Å². The van der Waals surface area contributed by atoms with Gasteiger partial charge in [0, 0.05) is 41.3 Å². The van der Waals surface area contributed by atoms with E-state index in [-0.39, 0.29) is 0 Å². The van der Waals surface area contributed by atoms with Crippen LogP contribution in [0.5, 0.6) is 0 Å². The summed E-state index contributed by atoms with van der Waals surface area (Å²) in [6.45, 7) is 0. The number of carbonyl (C=O) groups excluding carboxylic acids is 1. The molecule has 0 saturated heterocycles. The lowest BCUT2D eigenvalue weighted by Gasteiger charge is -1.96. The molecule has 3 heteroatoms. The van der Waals surface area contributed by atoms with Crippen molar-refractivity contribution in [1.29, 1.82) is 0 Å². The topological polar surface area (TPSA) is 34.9 Å². The van der Waals surface area contributed by atoms with E-state index < -0.39 is 0 Å². The lowest BCUT2D eigenvalue weighted by molar-refractivity contribution is 0.112. The van der Waals surface area contributed by atoms with Crippen LogP contribution in [-0.4, -0.2) is 15.8 Å². The zero-order chi connectivity index (χ0) is 11.1. The predicted octanol–water partition coefficient (Wildman–Crippen LogP) is 2.54. The van der Waals surface area contributed by atoms with E-state index in [4.69, 9.17) is 0 Å². The van der Waals surface area contributed by atoms with Gasteiger partial charge < -0.3 is 4.57 Å². The lowest BCUT2D eigenvalue weighted by atomic mass is 10.1. The molecule has 2 aromatic heterocycles. The maximum atomic E-state index is 10.8. The van der Waals surface area contributed by atoms with Crippen molar-refractivity contribution >= 4 is 28.1 Å². The number of benzene rings is 1. The summed E-state index contributed by atoms with van der Waals surface area (Å²) in [7, 11) is 2.02. The molecule has 0 amide bonds. The Morgan fingerprint density at radius 3 is 2.81 bits per heavy atom. The molecule has 3 aromatic rings. The lowest BCUT2D eigenvalue weighted by Crippen LogP contribution is -1.86. The standard InChI is InChI=1S/C13H10N2O/c1-15-12-3-2-9(8-16)6-10(12)11-7-14-5-4-13(11)15/h2-8H,1H3. The summed E-state index contributed by atoms with van der Waals surface area (Å²) in [6, 6.07) is 7.70. The molecule has 16 heavy (non-hydrogen) atoms. The third-order valence-electron chi connectivity index (χ3n) is 2.97. The van der Waals surface area contributed by atoms with Crippen molar-refractivity contribution in [2.75, 3.05) is 0 Å². The number of fused-ring (bicyclic) bond motifs is 3. The Labute approximate surface area is 92.3 Å². The molecular weight excluding hydrogens is 200 g/mol. The molecule has 0 aliphatic rings. The number of hydrogen-bond donors (Lipinski definition) is 0. The highest BCUT2D eigenvalue weighted by Crippen LogP contribution is 2.27. The van der Waals surface area contributed by atoms with Crippen molar-refractivity contribution in [2.24, 2.45) is 7.05 Å². The van der Waals surface area contributed by atoms with Gasteiger partial charge in [-0.2, -0.15) is 0 Å². The minimum absolute atomic E-state index is 0.698. The number of carbonyl (C=O) groups is 1. The number of aldehydes is 1. The Morgan fingerprint density at radius 1 is 1.19 bits per heavy atom. The monoisotopic (exact) mass is 210 g/mol. The van der Waals surface area contributed by atoms with Crippen molar-refractivity contribution in [3.8, 4) is 0 Å². The summed E-state index contributed by atoms with van der Waals surface area (Å²) in [5.41, 5.74) is 2.95. The van der Waals surface area contributed by atoms with Crippen molar-refractivity contribution in [3.05, 3.63) is 42.2 Å². The fraction of sp³-hybridized carbons (Fsp3) is 0.0769. The molecule has 0 bridgehead atoms. The van der Waals surface area contributed by atoms with Gasteiger partial charge in [-0.25, -0.2) is 0 Å². The van der Waals surface area contributed by atoms with E-state index in [9.17, 15) is 4.79 Å². The minimum Gasteiger partial charge on any atom is -0.344 e. The first-order valence-corrected chi connectivity index (χ1v) is 5.08. The van der Waals surface area contributed by atoms with Gasteiger partial charge in [0.15, 0.2) is 0 Å². The first-order valence-electron chi connectivity index (χ1n) is 5.08. The van der Waals surface area contributed by atoms with E-state index >= 15 is 0 Å². The second kappa shape index (κ2) is 3.17. The molecule has 0 unspecified atom stereocenters. The fourth-order valence-corrected chi connectivity index (χ4v) is 2.15. The van der Waals surface area contributed by atoms with E-state index in [1.807, 2.05) is 37.5 Å². The van der Waals surface area contributed by atoms with E-state index in [0.29, 0.717) is 5.56 Å². The maximum absolute atomic E-state index is 10.8. The number of nitrogens with zero attached hydrogens (tertiary/aromatic N) is 2. The Bertz CT molecular complexity index is 698. The zero-order valence-electron chi connectivity index (χ0n) is 8.84. The molecule has 0 atom stereocenters. The zero-order valence-corrected chi connectivity index (χ0v) is 8.84. The van der Waals surface area contributed by atoms with Crippen LogP contribution in [-0.2, 0) is 7.05 Å². The van der Waals surface area contributed by atoms with E-state index in [1.54, 1.807) is 6.20 Å². The van der Waals surface area contributed by atoms with Gasteiger partial charge in [-0.3, -0.25) is 9.78 Å². The smallest absolute Gasteiger partial charge is 0.150 e. The highest BCUT2D eigenvalue weighted by Gasteiger charge is 2.07. The van der Waals surface area contributed by atoms with Gasteiger partial charge in [0.05, 0.1) is 5.52 Å². The summed E-state index contributed by atoms with van der Waals surface area (Å²) >= 11 is 0. The summed E-state index contributed by atoms with van der Waals surface area (Å²) < 4.78 is 2.11. The first-order chi connectivity index (χ1) is 7.81. The van der Waals surface area contributed by atoms with Gasteiger partial charge in [-0.15, -0.1) is 0 Å². The van der Waals surface area contributed by atoms with Gasteiger partial charge in [0.2, 0.25) is 0 Å².